The van der Waals surface area contributed by atoms with E-state index in [-0.39, 0.29) is 5.92 Å². The first-order valence-corrected chi connectivity index (χ1v) is 6.86. The number of nitrogen functional groups attached to an aromatic ring is 1. The van der Waals surface area contributed by atoms with Gasteiger partial charge in [0.1, 0.15) is 17.5 Å². The summed E-state index contributed by atoms with van der Waals surface area (Å²) in [5.41, 5.74) is 2.58. The third-order valence-electron chi connectivity index (χ3n) is 3.23. The summed E-state index contributed by atoms with van der Waals surface area (Å²) in [4.78, 5) is 8.84. The van der Waals surface area contributed by atoms with E-state index in [1.165, 1.54) is 6.42 Å². The summed E-state index contributed by atoms with van der Waals surface area (Å²) >= 11 is 0. The van der Waals surface area contributed by atoms with Crippen LogP contribution in [0.3, 0.4) is 0 Å². The van der Waals surface area contributed by atoms with Crippen LogP contribution < -0.4 is 16.6 Å². The topological polar surface area (TPSA) is 85.1 Å². The van der Waals surface area contributed by atoms with Crippen LogP contribution in [0.25, 0.3) is 0 Å². The Morgan fingerprint density at radius 2 is 2.21 bits per heavy atom. The van der Waals surface area contributed by atoms with E-state index in [4.69, 9.17) is 10.6 Å². The summed E-state index contributed by atoms with van der Waals surface area (Å²) in [6, 6.07) is 1.83. The zero-order valence-electron chi connectivity index (χ0n) is 11.6. The van der Waals surface area contributed by atoms with Crippen LogP contribution in [0.2, 0.25) is 0 Å². The average Bonchev–Trinajstić information content (AvgIpc) is 2.45. The summed E-state index contributed by atoms with van der Waals surface area (Å²) in [5.74, 6) is 8.51. The molecule has 0 aliphatic carbocycles. The van der Waals surface area contributed by atoms with Gasteiger partial charge in [0.25, 0.3) is 0 Å². The van der Waals surface area contributed by atoms with Gasteiger partial charge >= 0.3 is 0 Å². The molecule has 1 aliphatic rings. The molecular formula is C13H23N5O. The molecule has 0 saturated carbocycles. The molecule has 6 heteroatoms. The summed E-state index contributed by atoms with van der Waals surface area (Å²) in [6.45, 7) is 6.72. The largest absolute Gasteiger partial charge is 0.381 e. The number of hydrazine groups is 1. The van der Waals surface area contributed by atoms with Gasteiger partial charge in [-0.2, -0.15) is 0 Å². The van der Waals surface area contributed by atoms with Gasteiger partial charge in [-0.1, -0.05) is 13.8 Å². The highest BCUT2D eigenvalue weighted by molar-refractivity contribution is 5.47. The minimum absolute atomic E-state index is 0.270. The Morgan fingerprint density at radius 3 is 2.84 bits per heavy atom. The second-order valence-corrected chi connectivity index (χ2v) is 5.26. The summed E-state index contributed by atoms with van der Waals surface area (Å²) < 4.78 is 5.47. The summed E-state index contributed by atoms with van der Waals surface area (Å²) in [6.07, 6.45) is 2.35. The van der Waals surface area contributed by atoms with E-state index < -0.39 is 0 Å². The molecule has 4 N–H and O–H groups in total. The molecule has 1 saturated heterocycles. The van der Waals surface area contributed by atoms with Crippen LogP contribution in [-0.4, -0.2) is 29.7 Å². The zero-order chi connectivity index (χ0) is 13.7. The van der Waals surface area contributed by atoms with Crippen molar-refractivity contribution in [2.45, 2.75) is 32.6 Å². The molecule has 106 valence electrons. The number of hydrogen-bond acceptors (Lipinski definition) is 6. The van der Waals surface area contributed by atoms with Crippen molar-refractivity contribution in [2.24, 2.45) is 11.8 Å². The number of nitrogens with zero attached hydrogens (tertiary/aromatic N) is 2. The van der Waals surface area contributed by atoms with Crippen LogP contribution in [0.1, 0.15) is 38.4 Å². The third kappa shape index (κ3) is 4.04. The van der Waals surface area contributed by atoms with Crippen molar-refractivity contribution in [1.82, 2.24) is 9.97 Å². The van der Waals surface area contributed by atoms with Crippen molar-refractivity contribution in [2.75, 3.05) is 30.5 Å². The van der Waals surface area contributed by atoms with Gasteiger partial charge in [0, 0.05) is 25.1 Å². The Morgan fingerprint density at radius 1 is 1.42 bits per heavy atom. The highest BCUT2D eigenvalue weighted by Crippen LogP contribution is 2.18. The van der Waals surface area contributed by atoms with E-state index in [0.29, 0.717) is 11.7 Å². The molecule has 1 unspecified atom stereocenters. The molecule has 1 atom stereocenters. The van der Waals surface area contributed by atoms with Gasteiger partial charge < -0.3 is 15.5 Å². The predicted octanol–water partition coefficient (Wildman–Crippen LogP) is 1.72. The van der Waals surface area contributed by atoms with Crippen molar-refractivity contribution in [1.29, 1.82) is 0 Å². The lowest BCUT2D eigenvalue weighted by Crippen LogP contribution is -2.25. The maximum absolute atomic E-state index is 5.47. The Balaban J connectivity index is 2.00. The first-order chi connectivity index (χ1) is 9.19. The van der Waals surface area contributed by atoms with Crippen molar-refractivity contribution in [3.8, 4) is 0 Å². The fourth-order valence-electron chi connectivity index (χ4n) is 2.11. The third-order valence-corrected chi connectivity index (χ3v) is 3.23. The standard InChI is InChI=1S/C13H23N5O/c1-9(2)13-16-11(6-12(17-13)18-14)15-7-10-4-3-5-19-8-10/h6,9-10H,3-5,7-8,14H2,1-2H3,(H2,15,16,17,18). The number of aromatic nitrogens is 2. The molecule has 1 aromatic rings. The molecule has 1 fully saturated rings. The van der Waals surface area contributed by atoms with Gasteiger partial charge in [0.15, 0.2) is 0 Å². The molecule has 19 heavy (non-hydrogen) atoms. The molecule has 2 heterocycles. The first-order valence-electron chi connectivity index (χ1n) is 6.86. The predicted molar refractivity (Wildman–Crippen MR) is 76.0 cm³/mol. The minimum atomic E-state index is 0.270. The number of nitrogens with one attached hydrogen (secondary N) is 2. The van der Waals surface area contributed by atoms with E-state index in [1.807, 2.05) is 6.07 Å². The molecule has 2 rings (SSSR count). The van der Waals surface area contributed by atoms with E-state index in [9.17, 15) is 0 Å². The van der Waals surface area contributed by atoms with Gasteiger partial charge in [-0.25, -0.2) is 15.8 Å². The normalized spacial score (nSPS) is 19.5. The van der Waals surface area contributed by atoms with Crippen LogP contribution in [0.15, 0.2) is 6.07 Å². The first kappa shape index (κ1) is 14.0. The Labute approximate surface area is 114 Å². The lowest BCUT2D eigenvalue weighted by Gasteiger charge is -2.22. The Hall–Kier alpha value is -1.40. The van der Waals surface area contributed by atoms with Gasteiger partial charge in [0.2, 0.25) is 0 Å². The molecular weight excluding hydrogens is 242 g/mol. The number of ether oxygens (including phenoxy) is 1. The van der Waals surface area contributed by atoms with E-state index in [1.54, 1.807) is 0 Å². The number of rotatable bonds is 5. The van der Waals surface area contributed by atoms with Gasteiger partial charge in [-0.3, -0.25) is 0 Å². The van der Waals surface area contributed by atoms with Crippen molar-refractivity contribution in [3.63, 3.8) is 0 Å². The highest BCUT2D eigenvalue weighted by atomic mass is 16.5. The quantitative estimate of drug-likeness (QED) is 0.555. The van der Waals surface area contributed by atoms with Crippen LogP contribution >= 0.6 is 0 Å². The number of hydrogen-bond donors (Lipinski definition) is 3. The lowest BCUT2D eigenvalue weighted by atomic mass is 10.0. The van der Waals surface area contributed by atoms with Crippen LogP contribution in [0.4, 0.5) is 11.6 Å². The maximum Gasteiger partial charge on any atom is 0.145 e. The fourth-order valence-corrected chi connectivity index (χ4v) is 2.11. The van der Waals surface area contributed by atoms with Crippen LogP contribution in [0, 0.1) is 5.92 Å². The molecule has 0 amide bonds. The smallest absolute Gasteiger partial charge is 0.145 e. The second kappa shape index (κ2) is 6.68. The van der Waals surface area contributed by atoms with E-state index in [2.05, 4.69) is 34.6 Å². The van der Waals surface area contributed by atoms with Gasteiger partial charge in [-0.05, 0) is 18.8 Å². The average molecular weight is 265 g/mol. The van der Waals surface area contributed by atoms with Gasteiger partial charge in [0.05, 0.1) is 6.61 Å². The van der Waals surface area contributed by atoms with Crippen molar-refractivity contribution >= 4 is 11.6 Å². The fraction of sp³-hybridized carbons (Fsp3) is 0.692. The second-order valence-electron chi connectivity index (χ2n) is 5.26. The minimum Gasteiger partial charge on any atom is -0.381 e. The van der Waals surface area contributed by atoms with E-state index in [0.717, 1.165) is 37.8 Å². The maximum atomic E-state index is 5.47. The van der Waals surface area contributed by atoms with E-state index >= 15 is 0 Å². The molecule has 0 aromatic carbocycles. The zero-order valence-corrected chi connectivity index (χ0v) is 11.6. The monoisotopic (exact) mass is 265 g/mol. The Kier molecular flexibility index (Phi) is 4.93. The van der Waals surface area contributed by atoms with Crippen LogP contribution in [-0.2, 0) is 4.74 Å². The molecule has 0 bridgehead atoms. The Bertz CT molecular complexity index is 404. The molecule has 1 aliphatic heterocycles. The highest BCUT2D eigenvalue weighted by Gasteiger charge is 2.14. The molecule has 0 radical (unpaired) electrons. The lowest BCUT2D eigenvalue weighted by molar-refractivity contribution is 0.0595. The SMILES string of the molecule is CC(C)c1nc(NN)cc(NCC2CCCOC2)n1. The van der Waals surface area contributed by atoms with Crippen LogP contribution in [0.5, 0.6) is 0 Å². The summed E-state index contributed by atoms with van der Waals surface area (Å²) in [5, 5.41) is 3.36. The van der Waals surface area contributed by atoms with Crippen molar-refractivity contribution in [3.05, 3.63) is 11.9 Å². The number of anilines is 2. The molecule has 0 spiro atoms. The molecule has 6 nitrogen and oxygen atoms in total. The summed E-state index contributed by atoms with van der Waals surface area (Å²) in [7, 11) is 0. The molecule has 1 aromatic heterocycles. The van der Waals surface area contributed by atoms with Gasteiger partial charge in [-0.15, -0.1) is 0 Å². The number of nitrogens with two attached hydrogens (primary N) is 1. The van der Waals surface area contributed by atoms with Crippen molar-refractivity contribution < 1.29 is 4.74 Å².